The molecule has 1 amide bonds. The average Bonchev–Trinajstić information content (AvgIpc) is 1.68. The fraction of sp³-hybridized carbons (Fsp3) is 0.645. The van der Waals surface area contributed by atoms with Gasteiger partial charge in [0.25, 0.3) is 0 Å². The van der Waals surface area contributed by atoms with Crippen LogP contribution in [-0.2, 0) is 75.3 Å². The van der Waals surface area contributed by atoms with Crippen molar-refractivity contribution >= 4 is 82.2 Å². The van der Waals surface area contributed by atoms with E-state index in [9.17, 15) is 29.8 Å². The topological polar surface area (TPSA) is 355 Å². The molecule has 1 atom stereocenters. The Bertz CT molecular complexity index is 4860. The SMILES string of the molecule is C.CB1Cc2ccc(C(C)(C)C)cc2O1.CC(C)(C)C1=C(O)CCC1=O.CC(C)(C)C1=CCOB1O.CC(C)(C)C1=NC=CC1.CC(C)(C)C1=NCB(O)O1.CC(C)(C)C1=NCC(=O)N1.CC(C)(C)C1CCB(O)O1.CC(C)(C)N1CC=CN1.CC(C)(C)c1ccc2c(c1)B(O)CC2.CC(C)(C)c1ccc2c(c1)CCB2O.CC(C)(C)c1ncco1.CC(C)(C)c1nn[nH]n1.CC(C)(C)n1cccn1. The molecule has 3 aromatic heterocycles. The van der Waals surface area contributed by atoms with Gasteiger partial charge in [-0.3, -0.25) is 29.2 Å². The first-order valence-electron chi connectivity index (χ1n) is 49.4. The highest BCUT2D eigenvalue weighted by molar-refractivity contribution is 6.68. The number of amidine groups is 1. The number of rotatable bonds is 0. The number of benzene rings is 3. The molecule has 0 radical (unpaired) electrons. The van der Waals surface area contributed by atoms with E-state index < -0.39 is 21.4 Å². The van der Waals surface area contributed by atoms with Crippen LogP contribution in [0, 0.1) is 32.5 Å². The van der Waals surface area contributed by atoms with Gasteiger partial charge >= 0.3 is 42.1 Å². The number of H-pyrrole nitrogens is 1. The van der Waals surface area contributed by atoms with Crippen molar-refractivity contribution in [1.82, 2.24) is 51.1 Å². The second-order valence-corrected chi connectivity index (χ2v) is 50.1. The van der Waals surface area contributed by atoms with Gasteiger partial charge in [0.1, 0.15) is 24.4 Å². The lowest BCUT2D eigenvalue weighted by molar-refractivity contribution is -0.118. The highest BCUT2D eigenvalue weighted by Crippen LogP contribution is 2.38. The molecular weight excluding hydrogens is 1740 g/mol. The number of aliphatic hydroxyl groups excluding tert-OH is 1. The van der Waals surface area contributed by atoms with E-state index in [4.69, 9.17) is 33.1 Å². The van der Waals surface area contributed by atoms with E-state index >= 15 is 0 Å². The molecule has 32 heteroatoms. The summed E-state index contributed by atoms with van der Waals surface area (Å²) in [5.74, 6) is 4.50. The number of carbonyl (C=O) groups excluding carboxylic acids is 2. The molecule has 1 saturated heterocycles. The van der Waals surface area contributed by atoms with Gasteiger partial charge in [-0.25, -0.2) is 9.99 Å². The molecule has 6 aromatic rings. The first-order chi connectivity index (χ1) is 62.9. The van der Waals surface area contributed by atoms with Crippen molar-refractivity contribution in [1.29, 1.82) is 0 Å². The first kappa shape index (κ1) is 125. The number of Topliss-reactive ketones (excluding diaryl/α,β-unsaturated/α-hetero) is 1. The van der Waals surface area contributed by atoms with Crippen molar-refractivity contribution in [3.05, 3.63) is 178 Å². The summed E-state index contributed by atoms with van der Waals surface area (Å²) in [5.41, 5.74) is 17.6. The molecule has 1 unspecified atom stereocenters. The lowest BCUT2D eigenvalue weighted by atomic mass is 9.62. The van der Waals surface area contributed by atoms with Gasteiger partial charge in [-0.1, -0.05) is 319 Å². The Balaban J connectivity index is 0.000000389. The Morgan fingerprint density at radius 3 is 1.45 bits per heavy atom. The number of ketones is 1. The van der Waals surface area contributed by atoms with Crippen LogP contribution in [0.1, 0.15) is 348 Å². The van der Waals surface area contributed by atoms with Crippen molar-refractivity contribution in [2.75, 3.05) is 26.1 Å². The van der Waals surface area contributed by atoms with Gasteiger partial charge in [0.15, 0.2) is 23.4 Å². The molecule has 26 nitrogen and oxygen atoms in total. The smallest absolute Gasteiger partial charge is 0.546 e. The summed E-state index contributed by atoms with van der Waals surface area (Å²) in [7, 11) is -1.89. The minimum absolute atomic E-state index is 0. The number of aromatic nitrogens is 7. The number of aryl methyl sites for hydroxylation is 2. The third-order valence-electron chi connectivity index (χ3n) is 23.3. The summed E-state index contributed by atoms with van der Waals surface area (Å²) in [5, 5.41) is 78.5. The number of oxazole rings is 1. The quantitative estimate of drug-likeness (QED) is 0.0638. The van der Waals surface area contributed by atoms with Crippen LogP contribution in [0.3, 0.4) is 0 Å². The zero-order valence-electron chi connectivity index (χ0n) is 92.4. The molecule has 9 N–H and O–H groups in total. The Morgan fingerprint density at radius 2 is 1.12 bits per heavy atom. The Hall–Kier alpha value is -8.47. The van der Waals surface area contributed by atoms with Crippen LogP contribution >= 0.6 is 0 Å². The van der Waals surface area contributed by atoms with Crippen molar-refractivity contribution in [3.8, 4) is 5.75 Å². The van der Waals surface area contributed by atoms with Gasteiger partial charge in [0.05, 0.1) is 23.9 Å². The monoisotopic (exact) mass is 1920 g/mol. The number of aromatic amines is 1. The second-order valence-electron chi connectivity index (χ2n) is 50.1. The fourth-order valence-corrected chi connectivity index (χ4v) is 14.8. The largest absolute Gasteiger partial charge is 0.561 e. The first-order valence-corrected chi connectivity index (χ1v) is 49.4. The molecule has 1 aliphatic carbocycles. The van der Waals surface area contributed by atoms with Crippen LogP contribution in [-0.4, -0.2) is 180 Å². The number of carbonyl (C=O) groups is 2. The summed E-state index contributed by atoms with van der Waals surface area (Å²) < 4.78 is 28.0. The van der Waals surface area contributed by atoms with Crippen LogP contribution in [0.25, 0.3) is 0 Å². The number of hydrogen-bond donors (Lipinski definition) is 9. The third kappa shape index (κ3) is 43.7. The van der Waals surface area contributed by atoms with Crippen molar-refractivity contribution in [3.63, 3.8) is 0 Å². The van der Waals surface area contributed by atoms with Gasteiger partial charge in [-0.15, -0.1) is 10.2 Å². The third-order valence-corrected chi connectivity index (χ3v) is 23.3. The van der Waals surface area contributed by atoms with Crippen molar-refractivity contribution in [2.45, 2.75) is 392 Å². The lowest BCUT2D eigenvalue weighted by Crippen LogP contribution is -2.45. The molecule has 12 heterocycles. The van der Waals surface area contributed by atoms with Crippen molar-refractivity contribution < 1.29 is 62.9 Å². The zero-order valence-corrected chi connectivity index (χ0v) is 92.4. The lowest BCUT2D eigenvalue weighted by Gasteiger charge is -2.31. The molecule has 3 aromatic carbocycles. The second kappa shape index (κ2) is 52.2. The molecule has 1 fully saturated rings. The van der Waals surface area contributed by atoms with Gasteiger partial charge in [0.2, 0.25) is 5.91 Å². The van der Waals surface area contributed by atoms with E-state index in [1.807, 2.05) is 119 Å². The normalized spacial score (nSPS) is 17.2. The molecule has 770 valence electrons. The number of tetrazole rings is 1. The predicted octanol–water partition coefficient (Wildman–Crippen LogP) is 20.4. The van der Waals surface area contributed by atoms with Crippen LogP contribution in [0.4, 0.5) is 0 Å². The Labute approximate surface area is 841 Å². The highest BCUT2D eigenvalue weighted by atomic mass is 16.5. The number of hydrogen-bond acceptors (Lipinski definition) is 23. The average molecular weight is 1920 g/mol. The zero-order chi connectivity index (χ0) is 105. The predicted molar refractivity (Wildman–Crippen MR) is 582 cm³/mol. The summed E-state index contributed by atoms with van der Waals surface area (Å²) in [4.78, 5) is 38.2. The van der Waals surface area contributed by atoms with Gasteiger partial charge in [0, 0.05) is 107 Å². The van der Waals surface area contributed by atoms with E-state index in [0.717, 1.165) is 97.2 Å². The highest BCUT2D eigenvalue weighted by Gasteiger charge is 2.39. The van der Waals surface area contributed by atoms with Gasteiger partial charge < -0.3 is 64.0 Å². The van der Waals surface area contributed by atoms with E-state index in [-0.39, 0.29) is 110 Å². The number of aliphatic hydroxyl groups is 1. The summed E-state index contributed by atoms with van der Waals surface area (Å²) in [6, 6.07) is 21.6. The van der Waals surface area contributed by atoms with E-state index in [0.29, 0.717) is 56.6 Å². The number of nitrogens with zero attached hydrogens (tertiary/aromatic N) is 10. The number of aliphatic imine (C=N–C) groups is 3. The molecule has 0 bridgehead atoms. The van der Waals surface area contributed by atoms with E-state index in [2.05, 4.69) is 322 Å². The van der Waals surface area contributed by atoms with Crippen molar-refractivity contribution in [2.24, 2.45) is 47.5 Å². The maximum absolute atomic E-state index is 11.2. The molecule has 10 aliphatic rings. The fourth-order valence-electron chi connectivity index (χ4n) is 14.8. The molecule has 0 saturated carbocycles. The van der Waals surface area contributed by atoms with Crippen LogP contribution in [0.15, 0.2) is 152 Å². The Kier molecular flexibility index (Phi) is 46.8. The van der Waals surface area contributed by atoms with Crippen LogP contribution < -0.4 is 26.3 Å². The van der Waals surface area contributed by atoms with Gasteiger partial charge in [-0.05, 0) is 176 Å². The molecule has 9 aliphatic heterocycles. The van der Waals surface area contributed by atoms with Crippen LogP contribution in [0.2, 0.25) is 25.8 Å². The number of hydrazine groups is 1. The van der Waals surface area contributed by atoms with E-state index in [1.54, 1.807) is 18.7 Å². The number of fused-ring (bicyclic) bond motifs is 3. The maximum atomic E-state index is 11.2. The minimum atomic E-state index is -0.714. The number of amides is 1. The molecule has 139 heavy (non-hydrogen) atoms. The summed E-state index contributed by atoms with van der Waals surface area (Å²) >= 11 is 0. The summed E-state index contributed by atoms with van der Waals surface area (Å²) in [6.45, 7) is 86.2. The summed E-state index contributed by atoms with van der Waals surface area (Å²) in [6.07, 6.45) is 26.4. The standard InChI is InChI=1S/3C12H17BO.C9H14O2.C8H13N.C7H13BO2.C7H15BO2.C7H12N2O.C7H14N2.C7H12N2.C7H11NO.C6H12BNO2.C5H10N4.CH4/c1-12(2,3)10-6-5-9-8-13(4)14-11(9)7-10;1-12(2,3)10-4-5-11-9(8-10)6-7-13(11)14;1-12(2,3)10-5-4-9-6-7-13(14)11(9)8-10;1-9(2,3)8-6(10)4-5-7(8)11;1-8(2,3)7-5-4-6-9-7;1-7(2,3)6-4-5-10-8(6)9;1-7(2,3)6-4-5-8(9)10-6;1-7(2,3)6-8-4-5(10)9-6;2*1-7(2,3)9-6-4-5-8-9;1-7(2,3)6-8-4-5-9-6;1-6(2,3)5-8-4-7(9)10-5;1-5(2,3)4-6-8-9-7-4;/h5-7H,8H2,1-4H3;2*4-5,8,14H,6-7H2,1-3H3;10H,4-5H2,1-3H3;4,6H,5H2,1-3H3;4,9H,5H2,1-3H3;6,9H,4-5H2,1-3H3;4H2,1-3H3,(H,8,9,10);4-5,8H,6H2,1-3H3;4-6H,1-3H3;4-5H,1-3H3;9H,4H2,1-3H3;1-3H3,(H,6,7,8,9);1H4. The molecular formula is C107H181B6N13O13. The Morgan fingerprint density at radius 1 is 0.547 bits per heavy atom. The molecule has 0 spiro atoms. The molecule has 16 rings (SSSR count). The maximum Gasteiger partial charge on any atom is 0.546 e. The van der Waals surface area contributed by atoms with E-state index in [1.165, 1.54) is 39.1 Å². The number of nitrogens with one attached hydrogen (secondary N) is 3. The van der Waals surface area contributed by atoms with Gasteiger partial charge in [-0.2, -0.15) is 10.3 Å². The minimum Gasteiger partial charge on any atom is -0.561 e. The van der Waals surface area contributed by atoms with Crippen LogP contribution in [0.5, 0.6) is 5.75 Å². The number of allylic oxidation sites excluding steroid dienone is 4.